The largest absolute Gasteiger partial charge is 0.480 e. The zero-order valence-corrected chi connectivity index (χ0v) is 12.2. The molecule has 4 unspecified atom stereocenters. The third-order valence-corrected chi connectivity index (χ3v) is 5.02. The molecule has 2 rings (SSSR count). The van der Waals surface area contributed by atoms with Gasteiger partial charge in [-0.1, -0.05) is 13.3 Å². The number of methoxy groups -OCH3 is 1. The van der Waals surface area contributed by atoms with Gasteiger partial charge in [0, 0.05) is 13.2 Å². The second-order valence-electron chi connectivity index (χ2n) is 6.07. The number of carboxylic acid groups (broad SMARTS) is 1. The van der Waals surface area contributed by atoms with Crippen LogP contribution in [0.15, 0.2) is 0 Å². The van der Waals surface area contributed by atoms with Gasteiger partial charge in [-0.15, -0.1) is 0 Å². The zero-order valence-electron chi connectivity index (χ0n) is 12.2. The summed E-state index contributed by atoms with van der Waals surface area (Å²) in [5, 5.41) is 9.50. The number of hydrogen-bond donors (Lipinski definition) is 1. The van der Waals surface area contributed by atoms with Gasteiger partial charge in [0.2, 0.25) is 0 Å². The Balaban J connectivity index is 2.02. The molecule has 2 aliphatic rings. The molecule has 1 saturated heterocycles. The average molecular weight is 269 g/mol. The van der Waals surface area contributed by atoms with E-state index in [0.717, 1.165) is 51.5 Å². The van der Waals surface area contributed by atoms with Crippen molar-refractivity contribution in [3.8, 4) is 0 Å². The minimum absolute atomic E-state index is 0.278. The highest BCUT2D eigenvalue weighted by atomic mass is 16.5. The maximum atomic E-state index is 11.5. The second kappa shape index (κ2) is 6.71. The van der Waals surface area contributed by atoms with E-state index < -0.39 is 5.97 Å². The monoisotopic (exact) mass is 269 g/mol. The Labute approximate surface area is 116 Å². The molecule has 4 nitrogen and oxygen atoms in total. The van der Waals surface area contributed by atoms with E-state index in [4.69, 9.17) is 4.74 Å². The molecule has 110 valence electrons. The van der Waals surface area contributed by atoms with E-state index in [1.54, 1.807) is 7.11 Å². The predicted molar refractivity (Wildman–Crippen MR) is 74.2 cm³/mol. The van der Waals surface area contributed by atoms with E-state index in [1.165, 1.54) is 0 Å². The number of rotatable bonds is 4. The molecule has 4 atom stereocenters. The molecule has 1 N–H and O–H groups in total. The lowest BCUT2D eigenvalue weighted by Gasteiger charge is -2.44. The number of nitrogens with zero attached hydrogens (tertiary/aromatic N) is 1. The highest BCUT2D eigenvalue weighted by Gasteiger charge is 2.38. The van der Waals surface area contributed by atoms with E-state index >= 15 is 0 Å². The van der Waals surface area contributed by atoms with Gasteiger partial charge in [-0.2, -0.15) is 0 Å². The summed E-state index contributed by atoms with van der Waals surface area (Å²) in [6.07, 6.45) is 7.78. The average Bonchev–Trinajstić information content (AvgIpc) is 2.46. The van der Waals surface area contributed by atoms with E-state index in [0.29, 0.717) is 18.1 Å². The molecule has 0 bridgehead atoms. The summed E-state index contributed by atoms with van der Waals surface area (Å²) in [6, 6.07) is 0.122. The third kappa shape index (κ3) is 3.48. The van der Waals surface area contributed by atoms with Crippen molar-refractivity contribution < 1.29 is 14.6 Å². The van der Waals surface area contributed by atoms with Crippen LogP contribution in [0.4, 0.5) is 0 Å². The van der Waals surface area contributed by atoms with Gasteiger partial charge in [0.05, 0.1) is 6.10 Å². The zero-order chi connectivity index (χ0) is 13.8. The number of hydrogen-bond acceptors (Lipinski definition) is 3. The van der Waals surface area contributed by atoms with Gasteiger partial charge in [-0.05, 0) is 51.0 Å². The van der Waals surface area contributed by atoms with E-state index in [1.807, 2.05) is 0 Å². The lowest BCUT2D eigenvalue weighted by atomic mass is 9.84. The Bertz CT molecular complexity index is 308. The van der Waals surface area contributed by atoms with E-state index in [9.17, 15) is 9.90 Å². The number of ether oxygens (including phenoxy) is 1. The second-order valence-corrected chi connectivity index (χ2v) is 6.07. The van der Waals surface area contributed by atoms with Crippen molar-refractivity contribution in [1.29, 1.82) is 0 Å². The van der Waals surface area contributed by atoms with Gasteiger partial charge in [-0.25, -0.2) is 0 Å². The molecule has 19 heavy (non-hydrogen) atoms. The maximum Gasteiger partial charge on any atom is 0.320 e. The first-order valence-corrected chi connectivity index (χ1v) is 7.67. The van der Waals surface area contributed by atoms with Crippen LogP contribution >= 0.6 is 0 Å². The van der Waals surface area contributed by atoms with Crippen LogP contribution in [0.3, 0.4) is 0 Å². The quantitative estimate of drug-likeness (QED) is 0.852. The Morgan fingerprint density at radius 2 is 2.11 bits per heavy atom. The summed E-state index contributed by atoms with van der Waals surface area (Å²) in [5.41, 5.74) is 0. The lowest BCUT2D eigenvalue weighted by Crippen LogP contribution is -2.53. The SMILES string of the molecule is CCC1CCN(C2CCCC(OC)C2)C(C(=O)O)C1. The molecule has 1 aliphatic carbocycles. The molecule has 1 saturated carbocycles. The number of carbonyl (C=O) groups is 1. The van der Waals surface area contributed by atoms with Crippen LogP contribution in [0.2, 0.25) is 0 Å². The van der Waals surface area contributed by atoms with Crippen LogP contribution in [0.1, 0.15) is 51.9 Å². The van der Waals surface area contributed by atoms with Crippen LogP contribution in [0.25, 0.3) is 0 Å². The first-order chi connectivity index (χ1) is 9.15. The molecule has 0 amide bonds. The van der Waals surface area contributed by atoms with Crippen LogP contribution in [-0.2, 0) is 9.53 Å². The Morgan fingerprint density at radius 3 is 2.74 bits per heavy atom. The maximum absolute atomic E-state index is 11.5. The highest BCUT2D eigenvalue weighted by Crippen LogP contribution is 2.32. The molecule has 0 radical (unpaired) electrons. The standard InChI is InChI=1S/C15H27NO3/c1-3-11-7-8-16(14(9-11)15(17)18)12-5-4-6-13(10-12)19-2/h11-14H,3-10H2,1-2H3,(H,17,18). The third-order valence-electron chi connectivity index (χ3n) is 5.02. The topological polar surface area (TPSA) is 49.8 Å². The summed E-state index contributed by atoms with van der Waals surface area (Å²) in [6.45, 7) is 3.11. The fraction of sp³-hybridized carbons (Fsp3) is 0.933. The van der Waals surface area contributed by atoms with E-state index in [-0.39, 0.29) is 6.04 Å². The number of likely N-dealkylation sites (tertiary alicyclic amines) is 1. The van der Waals surface area contributed by atoms with Crippen molar-refractivity contribution in [2.24, 2.45) is 5.92 Å². The molecule has 0 aromatic heterocycles. The van der Waals surface area contributed by atoms with Crippen molar-refractivity contribution in [2.45, 2.75) is 70.1 Å². The van der Waals surface area contributed by atoms with Gasteiger partial charge in [0.1, 0.15) is 6.04 Å². The summed E-state index contributed by atoms with van der Waals surface area (Å²) >= 11 is 0. The van der Waals surface area contributed by atoms with Crippen LogP contribution in [-0.4, -0.2) is 47.8 Å². The smallest absolute Gasteiger partial charge is 0.320 e. The minimum atomic E-state index is -0.641. The Kier molecular flexibility index (Phi) is 5.22. The molecular weight excluding hydrogens is 242 g/mol. The molecular formula is C15H27NO3. The predicted octanol–water partition coefficient (Wildman–Crippen LogP) is 2.52. The van der Waals surface area contributed by atoms with Crippen molar-refractivity contribution in [1.82, 2.24) is 4.90 Å². The molecule has 0 aromatic carbocycles. The van der Waals surface area contributed by atoms with Crippen LogP contribution in [0, 0.1) is 5.92 Å². The molecule has 4 heteroatoms. The number of piperidine rings is 1. The molecule has 1 aliphatic heterocycles. The fourth-order valence-electron chi connectivity index (χ4n) is 3.74. The Morgan fingerprint density at radius 1 is 1.32 bits per heavy atom. The molecule has 0 spiro atoms. The minimum Gasteiger partial charge on any atom is -0.480 e. The summed E-state index contributed by atoms with van der Waals surface area (Å²) in [4.78, 5) is 13.8. The highest BCUT2D eigenvalue weighted by molar-refractivity contribution is 5.73. The van der Waals surface area contributed by atoms with Gasteiger partial charge in [0.15, 0.2) is 0 Å². The van der Waals surface area contributed by atoms with Crippen molar-refractivity contribution in [2.75, 3.05) is 13.7 Å². The van der Waals surface area contributed by atoms with E-state index in [2.05, 4.69) is 11.8 Å². The van der Waals surface area contributed by atoms with Crippen molar-refractivity contribution in [3.05, 3.63) is 0 Å². The van der Waals surface area contributed by atoms with Gasteiger partial charge in [-0.3, -0.25) is 9.69 Å². The van der Waals surface area contributed by atoms with Gasteiger partial charge >= 0.3 is 5.97 Å². The first-order valence-electron chi connectivity index (χ1n) is 7.67. The Hall–Kier alpha value is -0.610. The van der Waals surface area contributed by atoms with Gasteiger partial charge < -0.3 is 9.84 Å². The summed E-state index contributed by atoms with van der Waals surface area (Å²) in [7, 11) is 1.77. The normalized spacial score (nSPS) is 37.2. The molecule has 0 aromatic rings. The molecule has 2 fully saturated rings. The number of carboxylic acids is 1. The number of aliphatic carboxylic acids is 1. The summed E-state index contributed by atoms with van der Waals surface area (Å²) < 4.78 is 5.48. The molecule has 1 heterocycles. The summed E-state index contributed by atoms with van der Waals surface area (Å²) in [5.74, 6) is -0.0585. The van der Waals surface area contributed by atoms with Crippen LogP contribution in [0.5, 0.6) is 0 Å². The fourth-order valence-corrected chi connectivity index (χ4v) is 3.74. The first kappa shape index (κ1) is 14.8. The van der Waals surface area contributed by atoms with Gasteiger partial charge in [0.25, 0.3) is 0 Å². The van der Waals surface area contributed by atoms with Crippen molar-refractivity contribution in [3.63, 3.8) is 0 Å². The van der Waals surface area contributed by atoms with Crippen molar-refractivity contribution >= 4 is 5.97 Å². The lowest BCUT2D eigenvalue weighted by molar-refractivity contribution is -0.148. The van der Waals surface area contributed by atoms with Crippen LogP contribution < -0.4 is 0 Å².